The summed E-state index contributed by atoms with van der Waals surface area (Å²) >= 11 is 0. The summed E-state index contributed by atoms with van der Waals surface area (Å²) < 4.78 is 0. The first-order valence-electron chi connectivity index (χ1n) is 5.98. The van der Waals surface area contributed by atoms with Crippen LogP contribution in [0.3, 0.4) is 0 Å². The van der Waals surface area contributed by atoms with E-state index in [0.717, 1.165) is 0 Å². The van der Waals surface area contributed by atoms with Crippen LogP contribution in [0.15, 0.2) is 11.0 Å². The van der Waals surface area contributed by atoms with E-state index in [0.29, 0.717) is 6.42 Å². The molecule has 0 aliphatic heterocycles. The van der Waals surface area contributed by atoms with Gasteiger partial charge in [-0.3, -0.25) is 9.59 Å². The first kappa shape index (κ1) is 15.0. The van der Waals surface area contributed by atoms with Crippen LogP contribution in [0.1, 0.15) is 44.1 Å². The van der Waals surface area contributed by atoms with Crippen LogP contribution in [0.25, 0.3) is 0 Å². The smallest absolute Gasteiger partial charge is 0.323 e. The molecule has 7 nitrogen and oxygen atoms in total. The Hall–Kier alpha value is -2.05. The highest BCUT2D eigenvalue weighted by molar-refractivity contribution is 5.92. The maximum Gasteiger partial charge on any atom is 0.323 e. The maximum atomic E-state index is 11.8. The van der Waals surface area contributed by atoms with Crippen LogP contribution in [0.4, 0.5) is 0 Å². The van der Waals surface area contributed by atoms with Crippen LogP contribution >= 0.6 is 0 Å². The van der Waals surface area contributed by atoms with Crippen LogP contribution in [0.5, 0.6) is 0 Å². The number of amides is 1. The third-order valence-corrected chi connectivity index (χ3v) is 2.46. The monoisotopic (exact) mass is 269 g/mol. The van der Waals surface area contributed by atoms with Crippen LogP contribution in [-0.4, -0.2) is 33.0 Å². The minimum Gasteiger partial charge on any atom is -0.481 e. The fourth-order valence-electron chi connectivity index (χ4n) is 1.84. The van der Waals surface area contributed by atoms with Crippen molar-refractivity contribution in [1.82, 2.24) is 15.3 Å². The minimum atomic E-state index is -0.975. The molecule has 0 saturated heterocycles. The van der Waals surface area contributed by atoms with E-state index < -0.39 is 23.6 Å². The number of carboxylic acids is 1. The summed E-state index contributed by atoms with van der Waals surface area (Å²) in [5.74, 6) is -1.47. The number of nitrogens with one attached hydrogen (secondary N) is 3. The predicted octanol–water partition coefficient (Wildman–Crippen LogP) is 0.712. The molecule has 1 aromatic heterocycles. The van der Waals surface area contributed by atoms with Crippen molar-refractivity contribution in [3.05, 3.63) is 22.4 Å². The molecule has 0 spiro atoms. The van der Waals surface area contributed by atoms with E-state index in [1.165, 1.54) is 6.20 Å². The minimum absolute atomic E-state index is 0.0919. The molecule has 1 atom stereocenters. The van der Waals surface area contributed by atoms with E-state index in [4.69, 9.17) is 5.11 Å². The molecule has 0 aromatic carbocycles. The van der Waals surface area contributed by atoms with E-state index in [1.807, 2.05) is 20.8 Å². The molecule has 1 heterocycles. The van der Waals surface area contributed by atoms with Gasteiger partial charge in [-0.25, -0.2) is 4.79 Å². The molecule has 0 saturated carbocycles. The lowest BCUT2D eigenvalue weighted by molar-refractivity contribution is -0.137. The number of carboxylic acid groups (broad SMARTS) is 1. The Morgan fingerprint density at radius 2 is 2.05 bits per heavy atom. The molecule has 106 valence electrons. The van der Waals surface area contributed by atoms with E-state index in [2.05, 4.69) is 15.3 Å². The lowest BCUT2D eigenvalue weighted by Gasteiger charge is -2.25. The molecule has 7 heteroatoms. The Morgan fingerprint density at radius 3 is 2.47 bits per heavy atom. The zero-order valence-electron chi connectivity index (χ0n) is 11.2. The van der Waals surface area contributed by atoms with Gasteiger partial charge in [0.2, 0.25) is 0 Å². The Balaban J connectivity index is 2.74. The summed E-state index contributed by atoms with van der Waals surface area (Å²) in [7, 11) is 0. The van der Waals surface area contributed by atoms with E-state index in [-0.39, 0.29) is 17.5 Å². The van der Waals surface area contributed by atoms with Gasteiger partial charge >= 0.3 is 11.7 Å². The molecule has 0 radical (unpaired) electrons. The topological polar surface area (TPSA) is 115 Å². The maximum absolute atomic E-state index is 11.8. The number of aliphatic carboxylic acids is 1. The number of rotatable bonds is 5. The van der Waals surface area contributed by atoms with Crippen molar-refractivity contribution in [3.8, 4) is 0 Å². The molecule has 0 bridgehead atoms. The zero-order chi connectivity index (χ0) is 14.6. The molecule has 1 amide bonds. The largest absolute Gasteiger partial charge is 0.481 e. The van der Waals surface area contributed by atoms with Gasteiger partial charge in [0.15, 0.2) is 0 Å². The van der Waals surface area contributed by atoms with Gasteiger partial charge < -0.3 is 20.4 Å². The van der Waals surface area contributed by atoms with Crippen LogP contribution in [0.2, 0.25) is 0 Å². The summed E-state index contributed by atoms with van der Waals surface area (Å²) in [4.78, 5) is 38.2. The molecule has 1 rings (SSSR count). The average molecular weight is 269 g/mol. The number of aromatic amines is 2. The van der Waals surface area contributed by atoms with Crippen molar-refractivity contribution in [3.63, 3.8) is 0 Å². The first-order chi connectivity index (χ1) is 8.67. The average Bonchev–Trinajstić information content (AvgIpc) is 2.60. The number of carbonyl (C=O) groups is 2. The summed E-state index contributed by atoms with van der Waals surface area (Å²) in [5, 5.41) is 11.5. The van der Waals surface area contributed by atoms with Gasteiger partial charge in [0.25, 0.3) is 5.91 Å². The summed E-state index contributed by atoms with van der Waals surface area (Å²) in [5.41, 5.74) is -0.496. The second kappa shape index (κ2) is 5.73. The number of imidazole rings is 1. The van der Waals surface area contributed by atoms with Crippen molar-refractivity contribution in [1.29, 1.82) is 0 Å². The van der Waals surface area contributed by atoms with Gasteiger partial charge in [-0.15, -0.1) is 0 Å². The highest BCUT2D eigenvalue weighted by Crippen LogP contribution is 2.22. The molecule has 4 N–H and O–H groups in total. The third kappa shape index (κ3) is 5.41. The number of hydrogen-bond donors (Lipinski definition) is 4. The standard InChI is InChI=1S/C12H19N3O4/c1-12(2,3)5-7(4-9(16)17)14-10(18)8-6-13-11(19)15-8/h6-7H,4-5H2,1-3H3,(H,14,18)(H,16,17)(H2,13,15,19). The second-order valence-electron chi connectivity index (χ2n) is 5.69. The molecule has 0 fully saturated rings. The fraction of sp³-hybridized carbons (Fsp3) is 0.583. The normalized spacial score (nSPS) is 13.0. The quantitative estimate of drug-likeness (QED) is 0.630. The zero-order valence-corrected chi connectivity index (χ0v) is 11.2. The van der Waals surface area contributed by atoms with Gasteiger partial charge in [-0.2, -0.15) is 0 Å². The highest BCUT2D eigenvalue weighted by atomic mass is 16.4. The summed E-state index contributed by atoms with van der Waals surface area (Å²) in [6.07, 6.45) is 1.63. The lowest BCUT2D eigenvalue weighted by Crippen LogP contribution is -2.39. The van der Waals surface area contributed by atoms with Crippen LogP contribution in [0, 0.1) is 5.41 Å². The second-order valence-corrected chi connectivity index (χ2v) is 5.69. The molecule has 1 aromatic rings. The molecular weight excluding hydrogens is 250 g/mol. The van der Waals surface area contributed by atoms with Crippen LogP contribution in [-0.2, 0) is 4.79 Å². The Labute approximate surface area is 110 Å². The van der Waals surface area contributed by atoms with Crippen LogP contribution < -0.4 is 11.0 Å². The van der Waals surface area contributed by atoms with Gasteiger partial charge in [-0.05, 0) is 11.8 Å². The molecular formula is C12H19N3O4. The number of hydrogen-bond acceptors (Lipinski definition) is 3. The number of carbonyl (C=O) groups excluding carboxylic acids is 1. The Bertz CT molecular complexity index is 510. The number of H-pyrrole nitrogens is 2. The molecule has 19 heavy (non-hydrogen) atoms. The van der Waals surface area contributed by atoms with Crippen molar-refractivity contribution >= 4 is 11.9 Å². The van der Waals surface area contributed by atoms with Gasteiger partial charge in [0.05, 0.1) is 6.42 Å². The van der Waals surface area contributed by atoms with E-state index in [9.17, 15) is 14.4 Å². The summed E-state index contributed by atoms with van der Waals surface area (Å²) in [6.45, 7) is 5.89. The van der Waals surface area contributed by atoms with Crippen molar-refractivity contribution in [2.24, 2.45) is 5.41 Å². The highest BCUT2D eigenvalue weighted by Gasteiger charge is 2.23. The van der Waals surface area contributed by atoms with Gasteiger partial charge in [0.1, 0.15) is 5.69 Å². The first-order valence-corrected chi connectivity index (χ1v) is 5.98. The van der Waals surface area contributed by atoms with E-state index >= 15 is 0 Å². The Morgan fingerprint density at radius 1 is 1.42 bits per heavy atom. The van der Waals surface area contributed by atoms with Gasteiger partial charge in [0, 0.05) is 12.2 Å². The fourth-order valence-corrected chi connectivity index (χ4v) is 1.84. The van der Waals surface area contributed by atoms with Gasteiger partial charge in [-0.1, -0.05) is 20.8 Å². The number of aromatic nitrogens is 2. The van der Waals surface area contributed by atoms with Crippen molar-refractivity contribution < 1.29 is 14.7 Å². The Kier molecular flexibility index (Phi) is 4.52. The lowest BCUT2D eigenvalue weighted by atomic mass is 9.87. The molecule has 0 aliphatic carbocycles. The SMILES string of the molecule is CC(C)(C)CC(CC(=O)O)NC(=O)c1c[nH]c(=O)[nH]1. The predicted molar refractivity (Wildman–Crippen MR) is 69.0 cm³/mol. The molecule has 0 aliphatic rings. The summed E-state index contributed by atoms with van der Waals surface area (Å²) in [6, 6.07) is -0.483. The van der Waals surface area contributed by atoms with Crippen molar-refractivity contribution in [2.45, 2.75) is 39.7 Å². The van der Waals surface area contributed by atoms with Crippen molar-refractivity contribution in [2.75, 3.05) is 0 Å². The van der Waals surface area contributed by atoms with E-state index in [1.54, 1.807) is 0 Å². The third-order valence-electron chi connectivity index (χ3n) is 2.46. The molecule has 1 unspecified atom stereocenters.